The van der Waals surface area contributed by atoms with Gasteiger partial charge in [-0.15, -0.1) is 0 Å². The number of allylic oxidation sites excluding steroid dienone is 2. The molecule has 2 unspecified atom stereocenters. The lowest BCUT2D eigenvalue weighted by Crippen LogP contribution is -2.07. The molecule has 2 atom stereocenters. The van der Waals surface area contributed by atoms with Crippen LogP contribution < -0.4 is 0 Å². The highest BCUT2D eigenvalue weighted by Crippen LogP contribution is 2.21. The lowest BCUT2D eigenvalue weighted by atomic mass is 9.92. The van der Waals surface area contributed by atoms with E-state index in [-0.39, 0.29) is 0 Å². The van der Waals surface area contributed by atoms with Crippen molar-refractivity contribution >= 4 is 11.1 Å². The van der Waals surface area contributed by atoms with Crippen LogP contribution in [0.1, 0.15) is 25.7 Å². The molecule has 1 aliphatic carbocycles. The third-order valence-corrected chi connectivity index (χ3v) is 2.66. The van der Waals surface area contributed by atoms with Crippen molar-refractivity contribution in [2.24, 2.45) is 5.92 Å². The van der Waals surface area contributed by atoms with Crippen LogP contribution in [0.25, 0.3) is 0 Å². The zero-order chi connectivity index (χ0) is 8.10. The van der Waals surface area contributed by atoms with Crippen LogP contribution in [0.15, 0.2) is 12.2 Å². The van der Waals surface area contributed by atoms with E-state index in [4.69, 9.17) is 4.55 Å². The summed E-state index contributed by atoms with van der Waals surface area (Å²) in [6.45, 7) is 0. The number of hydrogen-bond donors (Lipinski definition) is 1. The van der Waals surface area contributed by atoms with Gasteiger partial charge in [-0.05, 0) is 31.6 Å². The zero-order valence-electron chi connectivity index (χ0n) is 6.53. The van der Waals surface area contributed by atoms with Crippen molar-refractivity contribution in [2.45, 2.75) is 25.7 Å². The molecule has 0 amide bonds. The molecule has 0 fully saturated rings. The van der Waals surface area contributed by atoms with Crippen molar-refractivity contribution in [3.63, 3.8) is 0 Å². The van der Waals surface area contributed by atoms with Crippen LogP contribution in [0, 0.1) is 5.92 Å². The summed E-state index contributed by atoms with van der Waals surface area (Å²) < 4.78 is 18.9. The molecule has 0 saturated heterocycles. The summed E-state index contributed by atoms with van der Waals surface area (Å²) in [5.74, 6) is 1.09. The molecule has 3 heteroatoms. The molecule has 1 N–H and O–H groups in total. The van der Waals surface area contributed by atoms with Crippen molar-refractivity contribution < 1.29 is 8.76 Å². The zero-order valence-corrected chi connectivity index (χ0v) is 7.35. The van der Waals surface area contributed by atoms with Gasteiger partial charge in [0.25, 0.3) is 0 Å². The Kier molecular flexibility index (Phi) is 3.80. The Morgan fingerprint density at radius 3 is 2.91 bits per heavy atom. The summed E-state index contributed by atoms with van der Waals surface area (Å²) in [5.41, 5.74) is 0. The van der Waals surface area contributed by atoms with E-state index in [9.17, 15) is 4.21 Å². The van der Waals surface area contributed by atoms with Gasteiger partial charge in [-0.1, -0.05) is 12.2 Å². The molecule has 64 valence electrons. The van der Waals surface area contributed by atoms with Gasteiger partial charge >= 0.3 is 0 Å². The van der Waals surface area contributed by atoms with Crippen molar-refractivity contribution in [3.8, 4) is 0 Å². The van der Waals surface area contributed by atoms with Gasteiger partial charge in [-0.25, -0.2) is 4.21 Å². The van der Waals surface area contributed by atoms with E-state index in [0.717, 1.165) is 19.3 Å². The monoisotopic (exact) mass is 174 g/mol. The first-order valence-electron chi connectivity index (χ1n) is 4.01. The van der Waals surface area contributed by atoms with Gasteiger partial charge in [0.2, 0.25) is 0 Å². The molecule has 1 rings (SSSR count). The average molecular weight is 174 g/mol. The van der Waals surface area contributed by atoms with E-state index in [0.29, 0.717) is 11.7 Å². The molecule has 0 aliphatic heterocycles. The van der Waals surface area contributed by atoms with E-state index in [2.05, 4.69) is 12.2 Å². The lowest BCUT2D eigenvalue weighted by Gasteiger charge is -2.15. The fourth-order valence-corrected chi connectivity index (χ4v) is 1.92. The first kappa shape index (κ1) is 8.94. The van der Waals surface area contributed by atoms with E-state index in [1.807, 2.05) is 0 Å². The highest BCUT2D eigenvalue weighted by atomic mass is 32.2. The minimum absolute atomic E-state index is 0.443. The number of hydrogen-bond acceptors (Lipinski definition) is 1. The Hall–Kier alpha value is -0.150. The summed E-state index contributed by atoms with van der Waals surface area (Å²) in [7, 11) is 0. The fourth-order valence-electron chi connectivity index (χ4n) is 1.39. The standard InChI is InChI=1S/C8H14O2S/c9-11(10)7-6-8-4-2-1-3-5-8/h1-2,8H,3-7H2,(H,9,10). The summed E-state index contributed by atoms with van der Waals surface area (Å²) in [6.07, 6.45) is 8.68. The molecule has 0 saturated carbocycles. The Balaban J connectivity index is 2.16. The minimum atomic E-state index is -1.59. The topological polar surface area (TPSA) is 37.3 Å². The van der Waals surface area contributed by atoms with E-state index >= 15 is 0 Å². The van der Waals surface area contributed by atoms with Gasteiger partial charge in [0.1, 0.15) is 0 Å². The summed E-state index contributed by atoms with van der Waals surface area (Å²) in [4.78, 5) is 0. The summed E-state index contributed by atoms with van der Waals surface area (Å²) in [6, 6.07) is 0. The normalized spacial score (nSPS) is 26.8. The van der Waals surface area contributed by atoms with Crippen molar-refractivity contribution in [2.75, 3.05) is 5.75 Å². The largest absolute Gasteiger partial charge is 0.306 e. The maximum atomic E-state index is 10.3. The predicted octanol–water partition coefficient (Wildman–Crippen LogP) is 1.95. The maximum Gasteiger partial charge on any atom is 0.152 e. The molecule has 0 heterocycles. The Morgan fingerprint density at radius 1 is 1.55 bits per heavy atom. The molecule has 0 aromatic carbocycles. The quantitative estimate of drug-likeness (QED) is 0.524. The molecule has 0 aromatic heterocycles. The second kappa shape index (κ2) is 4.67. The first-order chi connectivity index (χ1) is 5.29. The SMILES string of the molecule is O=S(O)CCC1CC=CCC1. The van der Waals surface area contributed by atoms with Crippen LogP contribution in [-0.2, 0) is 11.1 Å². The van der Waals surface area contributed by atoms with Gasteiger partial charge in [-0.3, -0.25) is 0 Å². The van der Waals surface area contributed by atoms with E-state index in [1.54, 1.807) is 0 Å². The van der Waals surface area contributed by atoms with Crippen LogP contribution in [0.2, 0.25) is 0 Å². The third-order valence-electron chi connectivity index (χ3n) is 2.08. The smallest absolute Gasteiger partial charge is 0.152 e. The molecule has 0 bridgehead atoms. The van der Waals surface area contributed by atoms with Crippen LogP contribution >= 0.6 is 0 Å². The summed E-state index contributed by atoms with van der Waals surface area (Å²) in [5, 5.41) is 0. The van der Waals surface area contributed by atoms with Crippen LogP contribution in [0.3, 0.4) is 0 Å². The third kappa shape index (κ3) is 3.68. The average Bonchev–Trinajstić information content (AvgIpc) is 2.03. The molecule has 0 aromatic rings. The maximum absolute atomic E-state index is 10.3. The molecular formula is C8H14O2S. The predicted molar refractivity (Wildman–Crippen MR) is 46.7 cm³/mol. The van der Waals surface area contributed by atoms with Crippen molar-refractivity contribution in [3.05, 3.63) is 12.2 Å². The first-order valence-corrected chi connectivity index (χ1v) is 5.29. The summed E-state index contributed by atoms with van der Waals surface area (Å²) >= 11 is -1.59. The Bertz CT molecular complexity index is 165. The molecular weight excluding hydrogens is 160 g/mol. The fraction of sp³-hybridized carbons (Fsp3) is 0.750. The second-order valence-corrected chi connectivity index (χ2v) is 4.02. The number of rotatable bonds is 3. The Labute approximate surface area is 70.0 Å². The molecule has 1 aliphatic rings. The van der Waals surface area contributed by atoms with Crippen molar-refractivity contribution in [1.29, 1.82) is 0 Å². The van der Waals surface area contributed by atoms with Crippen LogP contribution in [-0.4, -0.2) is 14.5 Å². The second-order valence-electron chi connectivity index (χ2n) is 2.96. The minimum Gasteiger partial charge on any atom is -0.306 e. The lowest BCUT2D eigenvalue weighted by molar-refractivity contribution is 0.460. The molecule has 2 nitrogen and oxygen atoms in total. The molecule has 0 radical (unpaired) electrons. The van der Waals surface area contributed by atoms with E-state index in [1.165, 1.54) is 6.42 Å². The van der Waals surface area contributed by atoms with Gasteiger partial charge in [-0.2, -0.15) is 0 Å². The highest BCUT2D eigenvalue weighted by molar-refractivity contribution is 7.79. The van der Waals surface area contributed by atoms with Gasteiger partial charge < -0.3 is 4.55 Å². The van der Waals surface area contributed by atoms with Gasteiger partial charge in [0.05, 0.1) is 0 Å². The molecule has 0 spiro atoms. The van der Waals surface area contributed by atoms with Gasteiger partial charge in [0, 0.05) is 5.75 Å². The highest BCUT2D eigenvalue weighted by Gasteiger charge is 2.10. The Morgan fingerprint density at radius 2 is 2.36 bits per heavy atom. The van der Waals surface area contributed by atoms with E-state index < -0.39 is 11.1 Å². The van der Waals surface area contributed by atoms with Crippen molar-refractivity contribution in [1.82, 2.24) is 0 Å². The van der Waals surface area contributed by atoms with Crippen LogP contribution in [0.4, 0.5) is 0 Å². The van der Waals surface area contributed by atoms with Crippen LogP contribution in [0.5, 0.6) is 0 Å². The molecule has 11 heavy (non-hydrogen) atoms. The van der Waals surface area contributed by atoms with Gasteiger partial charge in [0.15, 0.2) is 11.1 Å².